The van der Waals surface area contributed by atoms with E-state index in [4.69, 9.17) is 17.3 Å². The summed E-state index contributed by atoms with van der Waals surface area (Å²) in [5.41, 5.74) is 10.4. The van der Waals surface area contributed by atoms with Crippen LogP contribution in [0.2, 0.25) is 5.02 Å². The van der Waals surface area contributed by atoms with E-state index in [1.807, 2.05) is 30.3 Å². The van der Waals surface area contributed by atoms with E-state index in [1.54, 1.807) is 0 Å². The second-order valence-electron chi connectivity index (χ2n) is 4.75. The number of halogens is 2. The zero-order valence-corrected chi connectivity index (χ0v) is 15.1. The van der Waals surface area contributed by atoms with E-state index in [1.165, 1.54) is 11.1 Å². The van der Waals surface area contributed by atoms with Gasteiger partial charge in [0.15, 0.2) is 5.96 Å². The van der Waals surface area contributed by atoms with Crippen LogP contribution in [-0.2, 0) is 6.54 Å². The first-order chi connectivity index (χ1) is 9.54. The molecule has 0 atom stereocenters. The Hall–Kier alpha value is -1.27. The number of hydrogen-bond acceptors (Lipinski definition) is 1. The van der Waals surface area contributed by atoms with Crippen LogP contribution in [0.25, 0.3) is 0 Å². The van der Waals surface area contributed by atoms with Crippen LogP contribution in [0, 0.1) is 13.8 Å². The molecule has 0 aliphatic rings. The number of anilines is 1. The van der Waals surface area contributed by atoms with Crippen molar-refractivity contribution >= 4 is 47.2 Å². The first kappa shape index (κ1) is 17.8. The SMILES string of the molecule is Cc1ccc(NC(N)=NCc2ccc(Cl)cc2)cc1C.I. The molecule has 0 aliphatic heterocycles. The van der Waals surface area contributed by atoms with Crippen LogP contribution in [0.5, 0.6) is 0 Å². The lowest BCUT2D eigenvalue weighted by Gasteiger charge is -2.08. The molecule has 0 spiro atoms. The van der Waals surface area contributed by atoms with Gasteiger partial charge in [-0.15, -0.1) is 24.0 Å². The normalized spacial score (nSPS) is 10.9. The quantitative estimate of drug-likeness (QED) is 0.440. The van der Waals surface area contributed by atoms with Crippen LogP contribution >= 0.6 is 35.6 Å². The number of rotatable bonds is 3. The molecule has 0 unspecified atom stereocenters. The molecular weight excluding hydrogens is 397 g/mol. The Labute approximate surface area is 147 Å². The smallest absolute Gasteiger partial charge is 0.193 e. The number of guanidine groups is 1. The maximum atomic E-state index is 5.88. The summed E-state index contributed by atoms with van der Waals surface area (Å²) < 4.78 is 0. The zero-order valence-electron chi connectivity index (χ0n) is 12.1. The Balaban J connectivity index is 0.00000220. The molecule has 0 amide bonds. The van der Waals surface area contributed by atoms with E-state index in [0.717, 1.165) is 16.3 Å². The van der Waals surface area contributed by atoms with Crippen LogP contribution < -0.4 is 11.1 Å². The summed E-state index contributed by atoms with van der Waals surface area (Å²) in [5.74, 6) is 0.406. The molecular formula is C16H19ClIN3. The fourth-order valence-electron chi connectivity index (χ4n) is 1.77. The van der Waals surface area contributed by atoms with Crippen LogP contribution in [0.1, 0.15) is 16.7 Å². The molecule has 3 nitrogen and oxygen atoms in total. The molecule has 0 fully saturated rings. The van der Waals surface area contributed by atoms with Gasteiger partial charge in [0, 0.05) is 10.7 Å². The summed E-state index contributed by atoms with van der Waals surface area (Å²) >= 11 is 5.84. The highest BCUT2D eigenvalue weighted by molar-refractivity contribution is 14.0. The van der Waals surface area contributed by atoms with Crippen LogP contribution in [0.4, 0.5) is 5.69 Å². The van der Waals surface area contributed by atoms with Crippen LogP contribution in [-0.4, -0.2) is 5.96 Å². The van der Waals surface area contributed by atoms with E-state index in [9.17, 15) is 0 Å². The molecule has 5 heteroatoms. The summed E-state index contributed by atoms with van der Waals surface area (Å²) in [5, 5.41) is 3.81. The van der Waals surface area contributed by atoms with Crippen molar-refractivity contribution < 1.29 is 0 Å². The van der Waals surface area contributed by atoms with Gasteiger partial charge in [-0.05, 0) is 54.8 Å². The largest absolute Gasteiger partial charge is 0.370 e. The van der Waals surface area contributed by atoms with E-state index in [0.29, 0.717) is 12.5 Å². The van der Waals surface area contributed by atoms with Crippen molar-refractivity contribution in [2.24, 2.45) is 10.7 Å². The number of nitrogens with zero attached hydrogens (tertiary/aromatic N) is 1. The Bertz CT molecular complexity index is 624. The molecule has 3 N–H and O–H groups in total. The molecule has 0 radical (unpaired) electrons. The molecule has 0 aromatic heterocycles. The Morgan fingerprint density at radius 3 is 2.38 bits per heavy atom. The Morgan fingerprint density at radius 2 is 1.76 bits per heavy atom. The van der Waals surface area contributed by atoms with Gasteiger partial charge in [-0.25, -0.2) is 4.99 Å². The maximum absolute atomic E-state index is 5.88. The monoisotopic (exact) mass is 415 g/mol. The summed E-state index contributed by atoms with van der Waals surface area (Å²) in [4.78, 5) is 4.31. The van der Waals surface area contributed by atoms with Gasteiger partial charge in [-0.2, -0.15) is 0 Å². The average molecular weight is 416 g/mol. The van der Waals surface area contributed by atoms with Gasteiger partial charge in [-0.1, -0.05) is 29.8 Å². The van der Waals surface area contributed by atoms with Gasteiger partial charge < -0.3 is 11.1 Å². The fraction of sp³-hybridized carbons (Fsp3) is 0.188. The molecule has 0 saturated carbocycles. The summed E-state index contributed by atoms with van der Waals surface area (Å²) in [7, 11) is 0. The van der Waals surface area contributed by atoms with Gasteiger partial charge >= 0.3 is 0 Å². The van der Waals surface area contributed by atoms with E-state index < -0.39 is 0 Å². The van der Waals surface area contributed by atoms with Crippen molar-refractivity contribution in [3.05, 3.63) is 64.2 Å². The van der Waals surface area contributed by atoms with Crippen molar-refractivity contribution in [3.8, 4) is 0 Å². The van der Waals surface area contributed by atoms with Crippen LogP contribution in [0.15, 0.2) is 47.5 Å². The first-order valence-corrected chi connectivity index (χ1v) is 6.81. The second kappa shape index (κ2) is 8.24. The number of nitrogens with two attached hydrogens (primary N) is 1. The topological polar surface area (TPSA) is 50.4 Å². The average Bonchev–Trinajstić information content (AvgIpc) is 2.42. The third-order valence-corrected chi connectivity index (χ3v) is 3.38. The maximum Gasteiger partial charge on any atom is 0.193 e. The lowest BCUT2D eigenvalue weighted by Crippen LogP contribution is -2.22. The highest BCUT2D eigenvalue weighted by atomic mass is 127. The fourth-order valence-corrected chi connectivity index (χ4v) is 1.90. The highest BCUT2D eigenvalue weighted by Crippen LogP contribution is 2.14. The predicted molar refractivity (Wildman–Crippen MR) is 102 cm³/mol. The minimum Gasteiger partial charge on any atom is -0.370 e. The molecule has 0 aliphatic carbocycles. The summed E-state index contributed by atoms with van der Waals surface area (Å²) in [6.07, 6.45) is 0. The first-order valence-electron chi connectivity index (χ1n) is 6.43. The van der Waals surface area contributed by atoms with Gasteiger partial charge in [0.05, 0.1) is 6.54 Å². The number of aryl methyl sites for hydroxylation is 2. The number of hydrogen-bond donors (Lipinski definition) is 2. The van der Waals surface area contributed by atoms with Gasteiger partial charge in [0.2, 0.25) is 0 Å². The Morgan fingerprint density at radius 1 is 1.10 bits per heavy atom. The van der Waals surface area contributed by atoms with Crippen molar-refractivity contribution in [2.75, 3.05) is 5.32 Å². The van der Waals surface area contributed by atoms with Gasteiger partial charge in [0.1, 0.15) is 0 Å². The van der Waals surface area contributed by atoms with Crippen molar-refractivity contribution in [1.29, 1.82) is 0 Å². The molecule has 2 aromatic carbocycles. The van der Waals surface area contributed by atoms with E-state index in [2.05, 4.69) is 36.3 Å². The molecule has 112 valence electrons. The highest BCUT2D eigenvalue weighted by Gasteiger charge is 1.98. The van der Waals surface area contributed by atoms with Crippen molar-refractivity contribution in [1.82, 2.24) is 0 Å². The lowest BCUT2D eigenvalue weighted by atomic mass is 10.1. The molecule has 0 bridgehead atoms. The number of nitrogens with one attached hydrogen (secondary N) is 1. The predicted octanol–water partition coefficient (Wildman–Crippen LogP) is 4.50. The van der Waals surface area contributed by atoms with Crippen LogP contribution in [0.3, 0.4) is 0 Å². The third-order valence-electron chi connectivity index (χ3n) is 3.12. The second-order valence-corrected chi connectivity index (χ2v) is 5.19. The molecule has 2 rings (SSSR count). The van der Waals surface area contributed by atoms with Crippen molar-refractivity contribution in [2.45, 2.75) is 20.4 Å². The Kier molecular flexibility index (Phi) is 6.98. The van der Waals surface area contributed by atoms with Crippen molar-refractivity contribution in [3.63, 3.8) is 0 Å². The molecule has 0 saturated heterocycles. The third kappa shape index (κ3) is 5.55. The standard InChI is InChI=1S/C16H18ClN3.HI/c1-11-3-8-15(9-12(11)2)20-16(18)19-10-13-4-6-14(17)7-5-13;/h3-9H,10H2,1-2H3,(H3,18,19,20);1H. The van der Waals surface area contributed by atoms with Gasteiger partial charge in [0.25, 0.3) is 0 Å². The summed E-state index contributed by atoms with van der Waals surface area (Å²) in [6.45, 7) is 4.68. The number of aliphatic imine (C=N–C) groups is 1. The minimum atomic E-state index is 0. The lowest BCUT2D eigenvalue weighted by molar-refractivity contribution is 1.06. The van der Waals surface area contributed by atoms with E-state index >= 15 is 0 Å². The molecule has 0 heterocycles. The molecule has 21 heavy (non-hydrogen) atoms. The minimum absolute atomic E-state index is 0. The zero-order chi connectivity index (χ0) is 14.5. The molecule has 2 aromatic rings. The van der Waals surface area contributed by atoms with E-state index in [-0.39, 0.29) is 24.0 Å². The number of benzene rings is 2. The van der Waals surface area contributed by atoms with Gasteiger partial charge in [-0.3, -0.25) is 0 Å². The summed E-state index contributed by atoms with van der Waals surface area (Å²) in [6, 6.07) is 13.7.